The average Bonchev–Trinajstić information content (AvgIpc) is 2.78. The number of rotatable bonds is 6. The van der Waals surface area contributed by atoms with Crippen molar-refractivity contribution in [1.82, 2.24) is 10.6 Å². The molecule has 0 aromatic carbocycles. The zero-order chi connectivity index (χ0) is 12.8. The molecule has 0 bridgehead atoms. The van der Waals surface area contributed by atoms with E-state index in [4.69, 9.17) is 0 Å². The second-order valence-electron chi connectivity index (χ2n) is 4.52. The predicted molar refractivity (Wildman–Crippen MR) is 73.2 cm³/mol. The molecule has 1 aromatic heterocycles. The number of hydrogen-bond acceptors (Lipinski definition) is 3. The topological polar surface area (TPSA) is 41.1 Å². The maximum atomic E-state index is 11.7. The number of likely N-dealkylation sites (N-methyl/N-ethyl adjacent to an activating group) is 1. The number of nitrogens with one attached hydrogen (secondary N) is 2. The van der Waals surface area contributed by atoms with Gasteiger partial charge in [-0.1, -0.05) is 19.9 Å². The molecule has 0 aliphatic heterocycles. The van der Waals surface area contributed by atoms with Crippen LogP contribution in [0.4, 0.5) is 0 Å². The SMILES string of the molecule is CCNC(=O)C(C)NC(c1cccs1)C(C)C. The fraction of sp³-hybridized carbons (Fsp3) is 0.615. The van der Waals surface area contributed by atoms with Crippen molar-refractivity contribution in [1.29, 1.82) is 0 Å². The van der Waals surface area contributed by atoms with Gasteiger partial charge < -0.3 is 5.32 Å². The molecule has 0 spiro atoms. The maximum Gasteiger partial charge on any atom is 0.236 e. The molecule has 1 rings (SSSR count). The summed E-state index contributed by atoms with van der Waals surface area (Å²) in [6, 6.07) is 4.25. The lowest BCUT2D eigenvalue weighted by atomic mass is 10.0. The molecule has 2 atom stereocenters. The number of hydrogen-bond donors (Lipinski definition) is 2. The Morgan fingerprint density at radius 2 is 2.12 bits per heavy atom. The quantitative estimate of drug-likeness (QED) is 0.819. The van der Waals surface area contributed by atoms with Crippen LogP contribution in [-0.4, -0.2) is 18.5 Å². The molecule has 0 saturated carbocycles. The van der Waals surface area contributed by atoms with Crippen LogP contribution >= 0.6 is 11.3 Å². The zero-order valence-corrected chi connectivity index (χ0v) is 11.8. The van der Waals surface area contributed by atoms with Crippen LogP contribution in [0.25, 0.3) is 0 Å². The summed E-state index contributed by atoms with van der Waals surface area (Å²) in [5.74, 6) is 0.528. The Morgan fingerprint density at radius 1 is 1.41 bits per heavy atom. The minimum atomic E-state index is -0.163. The molecule has 3 nitrogen and oxygen atoms in total. The monoisotopic (exact) mass is 254 g/mol. The Morgan fingerprint density at radius 3 is 2.59 bits per heavy atom. The van der Waals surface area contributed by atoms with Crippen molar-refractivity contribution < 1.29 is 4.79 Å². The van der Waals surface area contributed by atoms with Crippen LogP contribution in [0.1, 0.15) is 38.6 Å². The van der Waals surface area contributed by atoms with E-state index in [0.717, 1.165) is 0 Å². The molecule has 0 aliphatic carbocycles. The van der Waals surface area contributed by atoms with Crippen LogP contribution in [0.15, 0.2) is 17.5 Å². The van der Waals surface area contributed by atoms with Crippen LogP contribution in [0.2, 0.25) is 0 Å². The first kappa shape index (κ1) is 14.2. The molecule has 1 amide bonds. The molecular formula is C13H22N2OS. The molecule has 1 aromatic rings. The highest BCUT2D eigenvalue weighted by Crippen LogP contribution is 2.26. The van der Waals surface area contributed by atoms with Crippen molar-refractivity contribution in [3.63, 3.8) is 0 Å². The highest BCUT2D eigenvalue weighted by Gasteiger charge is 2.21. The second kappa shape index (κ2) is 6.77. The van der Waals surface area contributed by atoms with E-state index in [2.05, 4.69) is 35.9 Å². The summed E-state index contributed by atoms with van der Waals surface area (Å²) in [6.07, 6.45) is 0. The minimum Gasteiger partial charge on any atom is -0.355 e. The first-order valence-electron chi connectivity index (χ1n) is 6.13. The van der Waals surface area contributed by atoms with Crippen LogP contribution in [-0.2, 0) is 4.79 Å². The van der Waals surface area contributed by atoms with E-state index in [1.807, 2.05) is 19.9 Å². The van der Waals surface area contributed by atoms with Crippen molar-refractivity contribution >= 4 is 17.2 Å². The third kappa shape index (κ3) is 4.13. The Bertz CT molecular complexity index is 335. The van der Waals surface area contributed by atoms with Gasteiger partial charge in [0.1, 0.15) is 0 Å². The van der Waals surface area contributed by atoms with Gasteiger partial charge in [0.25, 0.3) is 0 Å². The number of carbonyl (C=O) groups excluding carboxylic acids is 1. The molecule has 2 N–H and O–H groups in total. The smallest absolute Gasteiger partial charge is 0.236 e. The van der Waals surface area contributed by atoms with Crippen LogP contribution < -0.4 is 10.6 Å². The van der Waals surface area contributed by atoms with E-state index in [0.29, 0.717) is 12.5 Å². The lowest BCUT2D eigenvalue weighted by Crippen LogP contribution is -2.44. The molecule has 0 aliphatic rings. The fourth-order valence-electron chi connectivity index (χ4n) is 1.74. The van der Waals surface area contributed by atoms with Gasteiger partial charge in [-0.15, -0.1) is 11.3 Å². The largest absolute Gasteiger partial charge is 0.355 e. The Balaban J connectivity index is 2.65. The molecular weight excluding hydrogens is 232 g/mol. The first-order valence-corrected chi connectivity index (χ1v) is 7.01. The van der Waals surface area contributed by atoms with Crippen molar-refractivity contribution in [3.8, 4) is 0 Å². The molecule has 0 fully saturated rings. The van der Waals surface area contributed by atoms with Crippen molar-refractivity contribution in [2.24, 2.45) is 5.92 Å². The molecule has 96 valence electrons. The average molecular weight is 254 g/mol. The molecule has 4 heteroatoms. The lowest BCUT2D eigenvalue weighted by Gasteiger charge is -2.25. The number of amides is 1. The van der Waals surface area contributed by atoms with Gasteiger partial charge in [0.05, 0.1) is 6.04 Å². The normalized spacial score (nSPS) is 14.6. The summed E-state index contributed by atoms with van der Waals surface area (Å²) in [4.78, 5) is 13.0. The molecule has 0 saturated heterocycles. The molecule has 2 unspecified atom stereocenters. The highest BCUT2D eigenvalue weighted by molar-refractivity contribution is 7.10. The van der Waals surface area contributed by atoms with Crippen molar-refractivity contribution in [2.75, 3.05) is 6.54 Å². The summed E-state index contributed by atoms with van der Waals surface area (Å²) in [5, 5.41) is 8.31. The highest BCUT2D eigenvalue weighted by atomic mass is 32.1. The van der Waals surface area contributed by atoms with Gasteiger partial charge in [-0.2, -0.15) is 0 Å². The van der Waals surface area contributed by atoms with Gasteiger partial charge in [-0.05, 0) is 31.2 Å². The molecule has 0 radical (unpaired) electrons. The standard InChI is InChI=1S/C13H22N2OS/c1-5-14-13(16)10(4)15-12(9(2)3)11-7-6-8-17-11/h6-10,12,15H,5H2,1-4H3,(H,14,16). The number of carbonyl (C=O) groups is 1. The van der Waals surface area contributed by atoms with E-state index in [9.17, 15) is 4.79 Å². The van der Waals surface area contributed by atoms with E-state index in [-0.39, 0.29) is 18.0 Å². The van der Waals surface area contributed by atoms with Crippen molar-refractivity contribution in [3.05, 3.63) is 22.4 Å². The number of thiophene rings is 1. The lowest BCUT2D eigenvalue weighted by molar-refractivity contribution is -0.122. The summed E-state index contributed by atoms with van der Waals surface area (Å²) in [7, 11) is 0. The Hall–Kier alpha value is -0.870. The first-order chi connectivity index (χ1) is 8.06. The van der Waals surface area contributed by atoms with E-state index in [1.165, 1.54) is 4.88 Å². The third-order valence-corrected chi connectivity index (χ3v) is 3.65. The van der Waals surface area contributed by atoms with E-state index >= 15 is 0 Å². The Kier molecular flexibility index (Phi) is 5.65. The van der Waals surface area contributed by atoms with E-state index in [1.54, 1.807) is 11.3 Å². The van der Waals surface area contributed by atoms with Gasteiger partial charge in [0, 0.05) is 17.5 Å². The van der Waals surface area contributed by atoms with Gasteiger partial charge >= 0.3 is 0 Å². The minimum absolute atomic E-state index is 0.0645. The van der Waals surface area contributed by atoms with Gasteiger partial charge in [-0.3, -0.25) is 10.1 Å². The Labute approximate surface area is 108 Å². The maximum absolute atomic E-state index is 11.7. The summed E-state index contributed by atoms with van der Waals surface area (Å²) in [6.45, 7) is 8.86. The summed E-state index contributed by atoms with van der Waals surface area (Å²) < 4.78 is 0. The third-order valence-electron chi connectivity index (χ3n) is 2.69. The zero-order valence-electron chi connectivity index (χ0n) is 11.0. The van der Waals surface area contributed by atoms with Crippen LogP contribution in [0.3, 0.4) is 0 Å². The van der Waals surface area contributed by atoms with E-state index < -0.39 is 0 Å². The fourth-order valence-corrected chi connectivity index (χ4v) is 2.70. The van der Waals surface area contributed by atoms with Crippen molar-refractivity contribution in [2.45, 2.75) is 39.8 Å². The van der Waals surface area contributed by atoms with Gasteiger partial charge in [0.2, 0.25) is 5.91 Å². The molecule has 17 heavy (non-hydrogen) atoms. The van der Waals surface area contributed by atoms with Gasteiger partial charge in [-0.25, -0.2) is 0 Å². The van der Waals surface area contributed by atoms with Gasteiger partial charge in [0.15, 0.2) is 0 Å². The van der Waals surface area contributed by atoms with Crippen LogP contribution in [0.5, 0.6) is 0 Å². The summed E-state index contributed by atoms with van der Waals surface area (Å²) >= 11 is 1.73. The second-order valence-corrected chi connectivity index (χ2v) is 5.50. The predicted octanol–water partition coefficient (Wildman–Crippen LogP) is 2.56. The molecule has 1 heterocycles. The van der Waals surface area contributed by atoms with Crippen LogP contribution in [0, 0.1) is 5.92 Å². The summed E-state index contributed by atoms with van der Waals surface area (Å²) in [5.41, 5.74) is 0.